The van der Waals surface area contributed by atoms with E-state index < -0.39 is 23.9 Å². The molecule has 1 aliphatic rings. The van der Waals surface area contributed by atoms with Crippen molar-refractivity contribution in [3.05, 3.63) is 42.1 Å². The molecule has 1 aromatic heterocycles. The van der Waals surface area contributed by atoms with E-state index in [2.05, 4.69) is 10.3 Å². The topological polar surface area (TPSA) is 123 Å². The number of carbonyl (C=O) groups is 3. The number of amides is 1. The second-order valence-corrected chi connectivity index (χ2v) is 6.50. The van der Waals surface area contributed by atoms with Gasteiger partial charge in [0.2, 0.25) is 5.91 Å². The van der Waals surface area contributed by atoms with Crippen molar-refractivity contribution < 1.29 is 24.6 Å². The summed E-state index contributed by atoms with van der Waals surface area (Å²) >= 11 is 0. The molecule has 2 aromatic rings. The summed E-state index contributed by atoms with van der Waals surface area (Å²) in [5.74, 6) is -2.68. The van der Waals surface area contributed by atoms with E-state index >= 15 is 0 Å². The van der Waals surface area contributed by atoms with Crippen LogP contribution >= 0.6 is 0 Å². The number of benzene rings is 1. The van der Waals surface area contributed by atoms with E-state index in [1.54, 1.807) is 24.4 Å². The van der Waals surface area contributed by atoms with Crippen molar-refractivity contribution in [2.45, 2.75) is 25.3 Å². The van der Waals surface area contributed by atoms with Gasteiger partial charge in [-0.05, 0) is 44.1 Å². The van der Waals surface area contributed by atoms with Crippen LogP contribution in [0.5, 0.6) is 0 Å². The fourth-order valence-corrected chi connectivity index (χ4v) is 3.44. The molecular weight excluding hydrogens is 350 g/mol. The normalized spacial score (nSPS) is 16.4. The van der Waals surface area contributed by atoms with Gasteiger partial charge in [0.05, 0.1) is 0 Å². The monoisotopic (exact) mass is 371 g/mol. The lowest BCUT2D eigenvalue weighted by molar-refractivity contribution is -0.144. The molecule has 3 rings (SSSR count). The zero-order valence-electron chi connectivity index (χ0n) is 14.6. The minimum atomic E-state index is -1.21. The first-order valence-electron chi connectivity index (χ1n) is 8.75. The van der Waals surface area contributed by atoms with Crippen molar-refractivity contribution in [3.8, 4) is 0 Å². The zero-order valence-corrected chi connectivity index (χ0v) is 14.6. The van der Waals surface area contributed by atoms with Crippen LogP contribution in [0.3, 0.4) is 0 Å². The van der Waals surface area contributed by atoms with Gasteiger partial charge in [0.1, 0.15) is 6.04 Å². The largest absolute Gasteiger partial charge is 0.480 e. The first kappa shape index (κ1) is 18.7. The number of nitrogens with zero attached hydrogens (tertiary/aromatic N) is 1. The predicted molar refractivity (Wildman–Crippen MR) is 99.5 cm³/mol. The Bertz CT molecular complexity index is 896. The van der Waals surface area contributed by atoms with E-state index in [9.17, 15) is 19.5 Å². The molecule has 1 aromatic carbocycles. The fourth-order valence-electron chi connectivity index (χ4n) is 3.44. The van der Waals surface area contributed by atoms with Crippen LogP contribution in [0.15, 0.2) is 36.5 Å². The quantitative estimate of drug-likeness (QED) is 0.578. The van der Waals surface area contributed by atoms with E-state index in [4.69, 9.17) is 5.11 Å². The third-order valence-corrected chi connectivity index (χ3v) is 4.64. The molecule has 0 aliphatic carbocycles. The number of nitrogens with one attached hydrogen (secondary N) is 2. The van der Waals surface area contributed by atoms with Crippen molar-refractivity contribution >= 4 is 34.4 Å². The summed E-state index contributed by atoms with van der Waals surface area (Å²) in [4.78, 5) is 39.3. The van der Waals surface area contributed by atoms with Gasteiger partial charge in [0.15, 0.2) is 0 Å². The second-order valence-electron chi connectivity index (χ2n) is 6.50. The molecule has 8 nitrogen and oxygen atoms in total. The Labute approximate surface area is 155 Å². The highest BCUT2D eigenvalue weighted by Gasteiger charge is 2.30. The Morgan fingerprint density at radius 3 is 2.52 bits per heavy atom. The number of carboxylic acids is 2. The minimum Gasteiger partial charge on any atom is -0.480 e. The van der Waals surface area contributed by atoms with Crippen molar-refractivity contribution in [1.29, 1.82) is 0 Å². The highest BCUT2D eigenvalue weighted by Crippen LogP contribution is 2.32. The summed E-state index contributed by atoms with van der Waals surface area (Å²) < 4.78 is 0. The average Bonchev–Trinajstić information content (AvgIpc) is 3.04. The number of likely N-dealkylation sites (tertiary alicyclic amines) is 1. The molecule has 1 atom stereocenters. The Morgan fingerprint density at radius 2 is 1.85 bits per heavy atom. The number of anilines is 1. The number of aromatic nitrogens is 1. The average molecular weight is 371 g/mol. The van der Waals surface area contributed by atoms with Gasteiger partial charge in [0.25, 0.3) is 0 Å². The lowest BCUT2D eigenvalue weighted by Gasteiger charge is -2.31. The van der Waals surface area contributed by atoms with Gasteiger partial charge in [-0.15, -0.1) is 0 Å². The highest BCUT2D eigenvalue weighted by atomic mass is 16.4. The van der Waals surface area contributed by atoms with Crippen molar-refractivity contribution in [2.75, 3.05) is 18.4 Å². The predicted octanol–water partition coefficient (Wildman–Crippen LogP) is 2.36. The zero-order chi connectivity index (χ0) is 19.4. The maximum atomic E-state index is 12.0. The van der Waals surface area contributed by atoms with Crippen LogP contribution in [0.2, 0.25) is 0 Å². The van der Waals surface area contributed by atoms with Gasteiger partial charge in [-0.2, -0.15) is 0 Å². The van der Waals surface area contributed by atoms with Crippen molar-refractivity contribution in [3.63, 3.8) is 0 Å². The fraction of sp³-hybridized carbons (Fsp3) is 0.316. The summed E-state index contributed by atoms with van der Waals surface area (Å²) in [7, 11) is 0. The Hall–Kier alpha value is -3.13. The molecule has 142 valence electrons. The number of rotatable bonds is 6. The Balaban J connectivity index is 1.90. The van der Waals surface area contributed by atoms with Gasteiger partial charge in [0, 0.05) is 40.5 Å². The van der Waals surface area contributed by atoms with Gasteiger partial charge in [-0.3, -0.25) is 14.5 Å². The van der Waals surface area contributed by atoms with Crippen LogP contribution in [-0.4, -0.2) is 51.0 Å². The maximum Gasteiger partial charge on any atom is 0.328 e. The van der Waals surface area contributed by atoms with E-state index in [-0.39, 0.29) is 0 Å². The molecule has 1 aliphatic heterocycles. The number of piperidine rings is 1. The first-order chi connectivity index (χ1) is 13.0. The molecule has 2 heterocycles. The molecular formula is C19H21N3O5. The molecule has 0 spiro atoms. The van der Waals surface area contributed by atoms with Gasteiger partial charge in [-0.1, -0.05) is 6.42 Å². The Morgan fingerprint density at radius 1 is 1.11 bits per heavy atom. The summed E-state index contributed by atoms with van der Waals surface area (Å²) in [6.07, 6.45) is 6.45. The standard InChI is InChI=1S/C19H21N3O5/c23-16(6-7-17(24)25)21-12-4-5-15-13(10-12)14(11-20-15)18(19(26)27)22-8-2-1-3-9-22/h4-7,10-11,18,20H,1-3,8-9H2,(H,21,23)(H,24,25)(H,26,27)/b7-6+/t18-/m1/s1. The molecule has 0 radical (unpaired) electrons. The van der Waals surface area contributed by atoms with Crippen LogP contribution in [0.25, 0.3) is 10.9 Å². The van der Waals surface area contributed by atoms with E-state index in [0.717, 1.165) is 50.0 Å². The van der Waals surface area contributed by atoms with Crippen molar-refractivity contribution in [2.24, 2.45) is 0 Å². The number of H-pyrrole nitrogens is 1. The maximum absolute atomic E-state index is 12.0. The van der Waals surface area contributed by atoms with Crippen LogP contribution in [0, 0.1) is 0 Å². The third-order valence-electron chi connectivity index (χ3n) is 4.64. The minimum absolute atomic E-state index is 0.464. The first-order valence-corrected chi connectivity index (χ1v) is 8.75. The lowest BCUT2D eigenvalue weighted by Crippen LogP contribution is -2.37. The number of aliphatic carboxylic acids is 2. The number of hydrogen-bond acceptors (Lipinski definition) is 4. The van der Waals surface area contributed by atoms with Crippen LogP contribution in [-0.2, 0) is 14.4 Å². The SMILES string of the molecule is O=C(O)/C=C/C(=O)Nc1ccc2[nH]cc([C@H](C(=O)O)N3CCCCC3)c2c1. The summed E-state index contributed by atoms with van der Waals surface area (Å²) in [5.41, 5.74) is 1.88. The number of aromatic amines is 1. The molecule has 1 amide bonds. The summed E-state index contributed by atoms with van der Waals surface area (Å²) in [6.45, 7) is 1.47. The molecule has 1 saturated heterocycles. The molecule has 0 unspecified atom stereocenters. The van der Waals surface area contributed by atoms with Crippen LogP contribution < -0.4 is 5.32 Å². The Kier molecular flexibility index (Phi) is 5.56. The molecule has 1 fully saturated rings. The number of fused-ring (bicyclic) bond motifs is 1. The van der Waals surface area contributed by atoms with E-state index in [0.29, 0.717) is 16.6 Å². The van der Waals surface area contributed by atoms with Crippen LogP contribution in [0.4, 0.5) is 5.69 Å². The van der Waals surface area contributed by atoms with Crippen LogP contribution in [0.1, 0.15) is 30.9 Å². The smallest absolute Gasteiger partial charge is 0.328 e. The van der Waals surface area contributed by atoms with E-state index in [1.165, 1.54) is 0 Å². The molecule has 8 heteroatoms. The number of carboxylic acid groups (broad SMARTS) is 2. The van der Waals surface area contributed by atoms with Gasteiger partial charge < -0.3 is 20.5 Å². The molecule has 0 saturated carbocycles. The number of carbonyl (C=O) groups excluding carboxylic acids is 1. The van der Waals surface area contributed by atoms with Crippen molar-refractivity contribution in [1.82, 2.24) is 9.88 Å². The third kappa shape index (κ3) is 4.35. The molecule has 27 heavy (non-hydrogen) atoms. The lowest BCUT2D eigenvalue weighted by atomic mass is 10.0. The van der Waals surface area contributed by atoms with Gasteiger partial charge in [-0.25, -0.2) is 4.79 Å². The highest BCUT2D eigenvalue weighted by molar-refractivity contribution is 6.03. The molecule has 0 bridgehead atoms. The van der Waals surface area contributed by atoms with E-state index in [1.807, 2.05) is 4.90 Å². The van der Waals surface area contributed by atoms with Gasteiger partial charge >= 0.3 is 11.9 Å². The summed E-state index contributed by atoms with van der Waals surface area (Å²) in [6, 6.07) is 4.38. The number of hydrogen-bond donors (Lipinski definition) is 4. The molecule has 4 N–H and O–H groups in total. The summed E-state index contributed by atoms with van der Waals surface area (Å²) in [5, 5.41) is 21.7. The second kappa shape index (κ2) is 8.05.